The van der Waals surface area contributed by atoms with Crippen molar-refractivity contribution in [2.45, 2.75) is 12.0 Å². The summed E-state index contributed by atoms with van der Waals surface area (Å²) < 4.78 is 6.25. The Balaban J connectivity index is 1.03. The topological polar surface area (TPSA) is 19.6 Å². The van der Waals surface area contributed by atoms with Crippen molar-refractivity contribution < 1.29 is 4.42 Å². The third-order valence-corrected chi connectivity index (χ3v) is 11.4. The van der Waals surface area contributed by atoms with E-state index in [1.54, 1.807) is 0 Å². The van der Waals surface area contributed by atoms with Crippen molar-refractivity contribution in [3.05, 3.63) is 217 Å². The molecular weight excluding hydrogens is 669 g/mol. The van der Waals surface area contributed by atoms with E-state index in [9.17, 15) is 0 Å². The number of para-hydroxylation sites is 3. The molecule has 2 atom stereocenters. The minimum atomic E-state index is 0.216. The first kappa shape index (κ1) is 31.4. The molecule has 1 aliphatic carbocycles. The fourth-order valence-corrected chi connectivity index (χ4v) is 8.90. The lowest BCUT2D eigenvalue weighted by atomic mass is 9.81. The van der Waals surface area contributed by atoms with E-state index >= 15 is 0 Å². The maximum atomic E-state index is 6.25. The van der Waals surface area contributed by atoms with Crippen LogP contribution in [0.15, 0.2) is 205 Å². The molecule has 0 amide bonds. The Bertz CT molecular complexity index is 2890. The van der Waals surface area contributed by atoms with Crippen molar-refractivity contribution in [3.63, 3.8) is 0 Å². The van der Waals surface area contributed by atoms with Gasteiger partial charge in [-0.2, -0.15) is 0 Å². The molecule has 11 rings (SSSR count). The summed E-state index contributed by atoms with van der Waals surface area (Å²) >= 11 is 0. The van der Waals surface area contributed by atoms with Crippen molar-refractivity contribution >= 4 is 56.5 Å². The number of hydrogen-bond donors (Lipinski definition) is 0. The average Bonchev–Trinajstić information content (AvgIpc) is 3.80. The first-order valence-corrected chi connectivity index (χ1v) is 19.0. The lowest BCUT2D eigenvalue weighted by Gasteiger charge is -2.31. The molecule has 0 saturated heterocycles. The average molecular weight is 705 g/mol. The summed E-state index contributed by atoms with van der Waals surface area (Å²) in [5.74, 6) is 0.274. The standard InChI is InChI=1S/C52H36N2O/c1-3-13-36(14-4-1)42-18-9-11-21-47(42)53(41-29-32-51-46(34-41)44-20-10-12-22-50(44)55-51)40-27-23-35(24-28-40)38-25-30-45-49(33-38)54(39-16-5-2-6-17-39)48-31-26-37-15-7-8-19-43(37)52(45)48/h1-34,48,52H. The molecule has 0 fully saturated rings. The summed E-state index contributed by atoms with van der Waals surface area (Å²) in [4.78, 5) is 4.91. The Morgan fingerprint density at radius 1 is 0.473 bits per heavy atom. The molecule has 3 heteroatoms. The smallest absolute Gasteiger partial charge is 0.135 e. The SMILES string of the molecule is C1=CC2C(c3ccccc31)c1ccc(-c3ccc(N(c4ccc5oc6ccccc6c5c4)c4ccccc4-c4ccccc4)cc3)cc1N2c1ccccc1. The van der Waals surface area contributed by atoms with Crippen molar-refractivity contribution in [1.29, 1.82) is 0 Å². The largest absolute Gasteiger partial charge is 0.456 e. The predicted octanol–water partition coefficient (Wildman–Crippen LogP) is 14.1. The van der Waals surface area contributed by atoms with Crippen LogP contribution in [0.4, 0.5) is 28.4 Å². The Labute approximate surface area is 320 Å². The third kappa shape index (κ3) is 5.20. The molecule has 0 bridgehead atoms. The summed E-state index contributed by atoms with van der Waals surface area (Å²) in [5.41, 5.74) is 16.3. The zero-order valence-electron chi connectivity index (χ0n) is 30.1. The van der Waals surface area contributed by atoms with Gasteiger partial charge in [0, 0.05) is 45.0 Å². The van der Waals surface area contributed by atoms with Gasteiger partial charge in [-0.1, -0.05) is 146 Å². The molecule has 0 N–H and O–H groups in total. The number of fused-ring (bicyclic) bond motifs is 8. The van der Waals surface area contributed by atoms with Crippen molar-refractivity contribution in [2.75, 3.05) is 9.80 Å². The molecular formula is C52H36N2O. The molecule has 2 unspecified atom stereocenters. The van der Waals surface area contributed by atoms with Crippen LogP contribution >= 0.6 is 0 Å². The molecule has 0 radical (unpaired) electrons. The van der Waals surface area contributed by atoms with E-state index in [4.69, 9.17) is 4.42 Å². The first-order chi connectivity index (χ1) is 27.3. The summed E-state index contributed by atoms with van der Waals surface area (Å²) in [5, 5.41) is 2.22. The normalized spacial score (nSPS) is 15.5. The van der Waals surface area contributed by atoms with Gasteiger partial charge in [0.2, 0.25) is 0 Å². The van der Waals surface area contributed by atoms with Crippen LogP contribution < -0.4 is 9.80 Å². The van der Waals surface area contributed by atoms with Gasteiger partial charge in [0.15, 0.2) is 0 Å². The van der Waals surface area contributed by atoms with Crippen LogP contribution in [-0.4, -0.2) is 6.04 Å². The Morgan fingerprint density at radius 3 is 2.04 bits per heavy atom. The van der Waals surface area contributed by atoms with Gasteiger partial charge in [-0.25, -0.2) is 0 Å². The highest BCUT2D eigenvalue weighted by atomic mass is 16.3. The van der Waals surface area contributed by atoms with Crippen LogP contribution in [0.25, 0.3) is 50.3 Å². The van der Waals surface area contributed by atoms with E-state index in [1.807, 2.05) is 12.1 Å². The van der Waals surface area contributed by atoms with E-state index in [-0.39, 0.29) is 12.0 Å². The van der Waals surface area contributed by atoms with Gasteiger partial charge in [0.25, 0.3) is 0 Å². The number of rotatable bonds is 6. The molecule has 1 aromatic heterocycles. The zero-order chi connectivity index (χ0) is 36.3. The lowest BCUT2D eigenvalue weighted by Crippen LogP contribution is -2.30. The van der Waals surface area contributed by atoms with Gasteiger partial charge < -0.3 is 14.2 Å². The highest BCUT2D eigenvalue weighted by Crippen LogP contribution is 2.52. The lowest BCUT2D eigenvalue weighted by molar-refractivity contribution is 0.669. The first-order valence-electron chi connectivity index (χ1n) is 19.0. The van der Waals surface area contributed by atoms with Gasteiger partial charge in [-0.3, -0.25) is 0 Å². The summed E-state index contributed by atoms with van der Waals surface area (Å²) in [7, 11) is 0. The van der Waals surface area contributed by atoms with Crippen molar-refractivity contribution in [2.24, 2.45) is 0 Å². The quantitative estimate of drug-likeness (QED) is 0.172. The predicted molar refractivity (Wildman–Crippen MR) is 229 cm³/mol. The molecule has 0 saturated carbocycles. The fourth-order valence-electron chi connectivity index (χ4n) is 8.90. The van der Waals surface area contributed by atoms with Gasteiger partial charge in [0.1, 0.15) is 11.2 Å². The fraction of sp³-hybridized carbons (Fsp3) is 0.0385. The monoisotopic (exact) mass is 704 g/mol. The van der Waals surface area contributed by atoms with E-state index in [2.05, 4.69) is 204 Å². The van der Waals surface area contributed by atoms with Gasteiger partial charge in [-0.05, 0) is 94.0 Å². The van der Waals surface area contributed by atoms with Gasteiger partial charge in [-0.15, -0.1) is 0 Å². The van der Waals surface area contributed by atoms with Crippen molar-refractivity contribution in [1.82, 2.24) is 0 Å². The number of nitrogens with zero attached hydrogens (tertiary/aromatic N) is 2. The molecule has 55 heavy (non-hydrogen) atoms. The molecule has 9 aromatic rings. The van der Waals surface area contributed by atoms with E-state index in [1.165, 1.54) is 50.3 Å². The maximum Gasteiger partial charge on any atom is 0.135 e. The van der Waals surface area contributed by atoms with E-state index < -0.39 is 0 Å². The second-order valence-corrected chi connectivity index (χ2v) is 14.5. The maximum absolute atomic E-state index is 6.25. The second kappa shape index (κ2) is 12.8. The molecule has 1 aliphatic heterocycles. The minimum Gasteiger partial charge on any atom is -0.456 e. The van der Waals surface area contributed by atoms with Crippen LogP contribution in [0, 0.1) is 0 Å². The van der Waals surface area contributed by atoms with Crippen LogP contribution in [0.5, 0.6) is 0 Å². The second-order valence-electron chi connectivity index (χ2n) is 14.5. The highest BCUT2D eigenvalue weighted by molar-refractivity contribution is 6.07. The van der Waals surface area contributed by atoms with Gasteiger partial charge in [0.05, 0.1) is 11.7 Å². The van der Waals surface area contributed by atoms with E-state index in [0.717, 1.165) is 39.0 Å². The van der Waals surface area contributed by atoms with E-state index in [0.29, 0.717) is 0 Å². The Morgan fingerprint density at radius 2 is 1.16 bits per heavy atom. The summed E-state index contributed by atoms with van der Waals surface area (Å²) in [6, 6.07) is 70.2. The number of furan rings is 1. The molecule has 8 aromatic carbocycles. The Kier molecular flexibility index (Phi) is 7.31. The zero-order valence-corrected chi connectivity index (χ0v) is 30.1. The number of hydrogen-bond acceptors (Lipinski definition) is 3. The van der Waals surface area contributed by atoms with Gasteiger partial charge >= 0.3 is 0 Å². The number of benzene rings is 8. The molecule has 3 nitrogen and oxygen atoms in total. The third-order valence-electron chi connectivity index (χ3n) is 11.4. The summed E-state index contributed by atoms with van der Waals surface area (Å²) in [6.07, 6.45) is 4.69. The highest BCUT2D eigenvalue weighted by Gasteiger charge is 2.41. The summed E-state index contributed by atoms with van der Waals surface area (Å²) in [6.45, 7) is 0. The molecule has 260 valence electrons. The molecule has 2 aliphatic rings. The van der Waals surface area contributed by atoms with Crippen molar-refractivity contribution in [3.8, 4) is 22.3 Å². The van der Waals surface area contributed by atoms with Crippen LogP contribution in [-0.2, 0) is 0 Å². The van der Waals surface area contributed by atoms with Crippen LogP contribution in [0.3, 0.4) is 0 Å². The minimum absolute atomic E-state index is 0.216. The molecule has 2 heterocycles. The van der Waals surface area contributed by atoms with Crippen LogP contribution in [0.2, 0.25) is 0 Å². The molecule has 0 spiro atoms. The number of anilines is 5. The van der Waals surface area contributed by atoms with Crippen LogP contribution in [0.1, 0.15) is 22.6 Å². The Hall–Kier alpha value is -7.10.